The fraction of sp³-hybridized carbons (Fsp3) is 0.417. The highest BCUT2D eigenvalue weighted by molar-refractivity contribution is 6.05. The number of piperidine rings is 1. The number of carbonyl (C=O) groups excluding carboxylic acids is 1. The molecule has 2 atom stereocenters. The lowest BCUT2D eigenvalue weighted by atomic mass is 9.88. The van der Waals surface area contributed by atoms with E-state index in [9.17, 15) is 14.9 Å². The third-order valence-corrected chi connectivity index (χ3v) is 7.00. The highest BCUT2D eigenvalue weighted by Gasteiger charge is 2.38. The van der Waals surface area contributed by atoms with E-state index in [1.165, 1.54) is 12.1 Å². The number of para-hydroxylation sites is 1. The van der Waals surface area contributed by atoms with E-state index in [-0.39, 0.29) is 17.6 Å². The Hall–Kier alpha value is -3.30. The molecular weight excluding hydrogens is 420 g/mol. The van der Waals surface area contributed by atoms with Gasteiger partial charge in [0.15, 0.2) is 5.69 Å². The quantitative estimate of drug-likeness (QED) is 0.476. The zero-order valence-corrected chi connectivity index (χ0v) is 18.8. The first kappa shape index (κ1) is 21.5. The zero-order valence-electron chi connectivity index (χ0n) is 18.8. The molecule has 2 aliphatic heterocycles. The SMILES string of the molecule is CN1CC2CC(NC(=O)c3nn(Cc4ccc([N+](=O)[O-])cc4)c4ccccc34)CC(C1)N2C. The maximum Gasteiger partial charge on any atom is 0.272 e. The fourth-order valence-electron chi connectivity index (χ4n) is 5.27. The minimum absolute atomic E-state index is 0.0539. The van der Waals surface area contributed by atoms with Crippen molar-refractivity contribution in [2.75, 3.05) is 27.2 Å². The van der Waals surface area contributed by atoms with Crippen molar-refractivity contribution in [3.63, 3.8) is 0 Å². The number of carbonyl (C=O) groups is 1. The lowest BCUT2D eigenvalue weighted by Gasteiger charge is -2.50. The van der Waals surface area contributed by atoms with Gasteiger partial charge in [-0.3, -0.25) is 24.5 Å². The van der Waals surface area contributed by atoms with Gasteiger partial charge in [-0.05, 0) is 38.6 Å². The molecule has 0 spiro atoms. The number of piperazine rings is 1. The summed E-state index contributed by atoms with van der Waals surface area (Å²) in [5, 5.41) is 19.6. The Labute approximate surface area is 192 Å². The summed E-state index contributed by atoms with van der Waals surface area (Å²) in [7, 11) is 4.35. The number of non-ortho nitro benzene ring substituents is 1. The van der Waals surface area contributed by atoms with E-state index in [1.807, 2.05) is 24.3 Å². The van der Waals surface area contributed by atoms with Crippen molar-refractivity contribution < 1.29 is 9.72 Å². The van der Waals surface area contributed by atoms with Gasteiger partial charge < -0.3 is 10.2 Å². The van der Waals surface area contributed by atoms with E-state index >= 15 is 0 Å². The number of fused-ring (bicyclic) bond motifs is 3. The first-order chi connectivity index (χ1) is 15.9. The number of rotatable bonds is 5. The summed E-state index contributed by atoms with van der Waals surface area (Å²) in [5.41, 5.74) is 2.22. The van der Waals surface area contributed by atoms with Gasteiger partial charge in [0.1, 0.15) is 0 Å². The van der Waals surface area contributed by atoms with Crippen LogP contribution in [0.15, 0.2) is 48.5 Å². The normalized spacial score (nSPS) is 23.5. The maximum atomic E-state index is 13.3. The number of nitrogens with one attached hydrogen (secondary N) is 1. The Morgan fingerprint density at radius 3 is 2.42 bits per heavy atom. The first-order valence-corrected chi connectivity index (χ1v) is 11.3. The highest BCUT2D eigenvalue weighted by atomic mass is 16.6. The van der Waals surface area contributed by atoms with Crippen molar-refractivity contribution in [2.45, 2.75) is 37.5 Å². The number of aromatic nitrogens is 2. The van der Waals surface area contributed by atoms with E-state index < -0.39 is 4.92 Å². The second-order valence-corrected chi connectivity index (χ2v) is 9.28. The lowest BCUT2D eigenvalue weighted by molar-refractivity contribution is -0.384. The molecule has 2 fully saturated rings. The van der Waals surface area contributed by atoms with Gasteiger partial charge >= 0.3 is 0 Å². The molecule has 3 aromatic rings. The van der Waals surface area contributed by atoms with Crippen molar-refractivity contribution in [3.05, 3.63) is 69.9 Å². The molecule has 9 nitrogen and oxygen atoms in total. The van der Waals surface area contributed by atoms with Crippen LogP contribution in [0.3, 0.4) is 0 Å². The summed E-state index contributed by atoms with van der Waals surface area (Å²) in [4.78, 5) is 28.6. The van der Waals surface area contributed by atoms with Crippen LogP contribution in [0, 0.1) is 10.1 Å². The van der Waals surface area contributed by atoms with Crippen LogP contribution in [0.5, 0.6) is 0 Å². The molecule has 0 radical (unpaired) electrons. The molecule has 2 bridgehead atoms. The minimum Gasteiger partial charge on any atom is -0.348 e. The van der Waals surface area contributed by atoms with Gasteiger partial charge in [0.05, 0.1) is 17.0 Å². The van der Waals surface area contributed by atoms with Gasteiger partial charge in [0, 0.05) is 48.7 Å². The van der Waals surface area contributed by atoms with Crippen molar-refractivity contribution in [3.8, 4) is 0 Å². The average Bonchev–Trinajstić information content (AvgIpc) is 3.14. The number of likely N-dealkylation sites (N-methyl/N-ethyl adjacent to an activating group) is 2. The van der Waals surface area contributed by atoms with Gasteiger partial charge in [-0.15, -0.1) is 0 Å². The van der Waals surface area contributed by atoms with Crippen LogP contribution in [0.25, 0.3) is 10.9 Å². The van der Waals surface area contributed by atoms with Crippen molar-refractivity contribution in [1.82, 2.24) is 24.9 Å². The molecule has 5 rings (SSSR count). The molecule has 2 aliphatic rings. The number of amides is 1. The molecule has 2 aromatic carbocycles. The minimum atomic E-state index is -0.412. The Balaban J connectivity index is 1.36. The molecular formula is C24H28N6O3. The van der Waals surface area contributed by atoms with Crippen LogP contribution < -0.4 is 5.32 Å². The van der Waals surface area contributed by atoms with Crippen LogP contribution in [-0.4, -0.2) is 75.7 Å². The summed E-state index contributed by atoms with van der Waals surface area (Å²) in [6.45, 7) is 2.47. The van der Waals surface area contributed by atoms with Gasteiger partial charge in [0.2, 0.25) is 0 Å². The van der Waals surface area contributed by atoms with Crippen molar-refractivity contribution in [1.29, 1.82) is 0 Å². The Kier molecular flexibility index (Phi) is 5.59. The average molecular weight is 449 g/mol. The van der Waals surface area contributed by atoms with Crippen LogP contribution in [0.4, 0.5) is 5.69 Å². The number of hydrogen-bond acceptors (Lipinski definition) is 6. The molecule has 2 saturated heterocycles. The third-order valence-electron chi connectivity index (χ3n) is 7.00. The van der Waals surface area contributed by atoms with Crippen molar-refractivity contribution >= 4 is 22.5 Å². The van der Waals surface area contributed by atoms with E-state index in [4.69, 9.17) is 0 Å². The van der Waals surface area contributed by atoms with E-state index in [1.54, 1.807) is 16.8 Å². The van der Waals surface area contributed by atoms with Crippen molar-refractivity contribution in [2.24, 2.45) is 0 Å². The molecule has 33 heavy (non-hydrogen) atoms. The molecule has 0 aliphatic carbocycles. The molecule has 0 saturated carbocycles. The second kappa shape index (κ2) is 8.57. The van der Waals surface area contributed by atoms with Crippen LogP contribution in [0.2, 0.25) is 0 Å². The number of nitrogens with zero attached hydrogens (tertiary/aromatic N) is 5. The predicted octanol–water partition coefficient (Wildman–Crippen LogP) is 2.50. The third kappa shape index (κ3) is 4.21. The topological polar surface area (TPSA) is 96.5 Å². The molecule has 9 heteroatoms. The molecule has 1 N–H and O–H groups in total. The summed E-state index contributed by atoms with van der Waals surface area (Å²) in [6.07, 6.45) is 1.87. The maximum absolute atomic E-state index is 13.3. The standard InChI is InChI=1S/C24H28N6O3/c1-27-14-19-11-17(12-20(15-27)28(19)2)25-24(31)23-21-5-3-4-6-22(21)29(26-23)13-16-7-9-18(10-8-16)30(32)33/h3-10,17,19-20H,11-15H2,1-2H3,(H,25,31). The number of nitro benzene ring substituents is 1. The summed E-state index contributed by atoms with van der Waals surface area (Å²) >= 11 is 0. The van der Waals surface area contributed by atoms with Gasteiger partial charge in [-0.2, -0.15) is 5.10 Å². The van der Waals surface area contributed by atoms with Gasteiger partial charge in [-0.25, -0.2) is 0 Å². The second-order valence-electron chi connectivity index (χ2n) is 9.28. The van der Waals surface area contributed by atoms with Crippen LogP contribution >= 0.6 is 0 Å². The van der Waals surface area contributed by atoms with Gasteiger partial charge in [-0.1, -0.05) is 30.3 Å². The largest absolute Gasteiger partial charge is 0.348 e. The van der Waals surface area contributed by atoms with Gasteiger partial charge in [0.25, 0.3) is 11.6 Å². The smallest absolute Gasteiger partial charge is 0.272 e. The summed E-state index contributed by atoms with van der Waals surface area (Å²) in [6, 6.07) is 15.2. The summed E-state index contributed by atoms with van der Waals surface area (Å²) < 4.78 is 1.80. The molecule has 1 aromatic heterocycles. The Morgan fingerprint density at radius 1 is 1.09 bits per heavy atom. The first-order valence-electron chi connectivity index (χ1n) is 11.3. The summed E-state index contributed by atoms with van der Waals surface area (Å²) in [5.74, 6) is -0.144. The van der Waals surface area contributed by atoms with Crippen LogP contribution in [-0.2, 0) is 6.54 Å². The molecule has 3 heterocycles. The molecule has 2 unspecified atom stereocenters. The van der Waals surface area contributed by atoms with E-state index in [0.29, 0.717) is 24.3 Å². The van der Waals surface area contributed by atoms with E-state index in [2.05, 4.69) is 34.3 Å². The number of likely N-dealkylation sites (tertiary alicyclic amines) is 1. The molecule has 172 valence electrons. The monoisotopic (exact) mass is 448 g/mol. The Morgan fingerprint density at radius 2 is 1.76 bits per heavy atom. The number of nitro groups is 1. The predicted molar refractivity (Wildman–Crippen MR) is 125 cm³/mol. The number of benzene rings is 2. The van der Waals surface area contributed by atoms with E-state index in [0.717, 1.165) is 42.4 Å². The number of hydrogen-bond donors (Lipinski definition) is 1. The zero-order chi connectivity index (χ0) is 23.1. The highest BCUT2D eigenvalue weighted by Crippen LogP contribution is 2.28. The molecule has 1 amide bonds. The Bertz CT molecular complexity index is 1170. The fourth-order valence-corrected chi connectivity index (χ4v) is 5.27. The van der Waals surface area contributed by atoms with Crippen LogP contribution in [0.1, 0.15) is 28.9 Å². The lowest BCUT2D eigenvalue weighted by Crippen LogP contribution is -2.63.